The number of hydrogen-bond donors (Lipinski definition) is 2. The number of nitrogens with one attached hydrogen (secondary N) is 1. The molecule has 0 aliphatic rings. The van der Waals surface area contributed by atoms with Gasteiger partial charge in [-0.3, -0.25) is 9.89 Å². The van der Waals surface area contributed by atoms with E-state index in [0.29, 0.717) is 11.3 Å². The average molecular weight is 292 g/mol. The number of H-pyrrole nitrogens is 1. The van der Waals surface area contributed by atoms with E-state index >= 15 is 0 Å². The van der Waals surface area contributed by atoms with Gasteiger partial charge in [0, 0.05) is 0 Å². The summed E-state index contributed by atoms with van der Waals surface area (Å²) in [6.45, 7) is 1.55. The van der Waals surface area contributed by atoms with Crippen LogP contribution >= 0.6 is 12.2 Å². The van der Waals surface area contributed by atoms with E-state index in [0.717, 1.165) is 4.68 Å². The summed E-state index contributed by atoms with van der Waals surface area (Å²) in [7, 11) is 1.46. The van der Waals surface area contributed by atoms with E-state index in [1.54, 1.807) is 19.1 Å². The molecule has 1 heterocycles. The average Bonchev–Trinajstić information content (AvgIpc) is 2.43. The maximum Gasteiger partial charge on any atom is 0.296 e. The number of benzene rings is 1. The minimum atomic E-state index is -0.400. The van der Waals surface area contributed by atoms with Gasteiger partial charge in [0.1, 0.15) is 5.69 Å². The van der Waals surface area contributed by atoms with Crippen molar-refractivity contribution in [2.24, 2.45) is 5.10 Å². The highest BCUT2D eigenvalue weighted by atomic mass is 32.1. The Hall–Kier alpha value is -2.48. The molecule has 2 N–H and O–H groups in total. The normalized spacial score (nSPS) is 10.9. The fourth-order valence-corrected chi connectivity index (χ4v) is 1.66. The van der Waals surface area contributed by atoms with Crippen LogP contribution in [0.4, 0.5) is 0 Å². The van der Waals surface area contributed by atoms with Gasteiger partial charge >= 0.3 is 0 Å². The molecular weight excluding hydrogens is 280 g/mol. The molecule has 2 rings (SSSR count). The van der Waals surface area contributed by atoms with Gasteiger partial charge in [0.25, 0.3) is 5.56 Å². The Balaban J connectivity index is 2.40. The van der Waals surface area contributed by atoms with Crippen molar-refractivity contribution in [3.05, 3.63) is 44.6 Å². The molecule has 0 aliphatic carbocycles. The molecule has 104 valence electrons. The Morgan fingerprint density at radius 2 is 2.30 bits per heavy atom. The van der Waals surface area contributed by atoms with E-state index in [4.69, 9.17) is 17.0 Å². The first-order chi connectivity index (χ1) is 9.52. The van der Waals surface area contributed by atoms with Gasteiger partial charge in [-0.15, -0.1) is 0 Å². The number of methoxy groups -OCH3 is 1. The topological polar surface area (TPSA) is 92.5 Å². The van der Waals surface area contributed by atoms with E-state index in [-0.39, 0.29) is 16.2 Å². The van der Waals surface area contributed by atoms with Gasteiger partial charge < -0.3 is 9.84 Å². The highest BCUT2D eigenvalue weighted by molar-refractivity contribution is 7.71. The summed E-state index contributed by atoms with van der Waals surface area (Å²) in [5.74, 6) is 0.344. The predicted molar refractivity (Wildman–Crippen MR) is 76.1 cm³/mol. The second kappa shape index (κ2) is 5.66. The van der Waals surface area contributed by atoms with Gasteiger partial charge in [-0.2, -0.15) is 14.9 Å². The number of rotatable bonds is 3. The van der Waals surface area contributed by atoms with Crippen molar-refractivity contribution >= 4 is 18.4 Å². The molecule has 2 aromatic rings. The molecule has 0 saturated heterocycles. The van der Waals surface area contributed by atoms with Crippen LogP contribution in [0.5, 0.6) is 11.5 Å². The lowest BCUT2D eigenvalue weighted by Crippen LogP contribution is -2.22. The molecule has 0 bridgehead atoms. The Kier molecular flexibility index (Phi) is 3.94. The first-order valence-corrected chi connectivity index (χ1v) is 6.03. The van der Waals surface area contributed by atoms with Crippen LogP contribution < -0.4 is 10.3 Å². The summed E-state index contributed by atoms with van der Waals surface area (Å²) in [4.78, 5) is 11.8. The number of nitrogens with zero attached hydrogens (tertiary/aromatic N) is 3. The van der Waals surface area contributed by atoms with Crippen molar-refractivity contribution in [3.8, 4) is 11.5 Å². The smallest absolute Gasteiger partial charge is 0.296 e. The maximum atomic E-state index is 11.8. The number of hydrogen-bond acceptors (Lipinski definition) is 6. The zero-order chi connectivity index (χ0) is 14.7. The molecule has 7 nitrogen and oxygen atoms in total. The Labute approximate surface area is 119 Å². The molecule has 0 atom stereocenters. The SMILES string of the molecule is COc1ccc(C=Nn2c(=S)[nH]nc(C)c2=O)cc1O. The molecule has 8 heteroatoms. The number of phenolic OH excluding ortho intramolecular Hbond substituents is 1. The quantitative estimate of drug-likeness (QED) is 0.655. The predicted octanol–water partition coefficient (Wildman–Crippen LogP) is 1.21. The summed E-state index contributed by atoms with van der Waals surface area (Å²) < 4.78 is 6.06. The van der Waals surface area contributed by atoms with Crippen LogP contribution in [0, 0.1) is 11.7 Å². The van der Waals surface area contributed by atoms with Crippen molar-refractivity contribution < 1.29 is 9.84 Å². The van der Waals surface area contributed by atoms with Gasteiger partial charge in [-0.1, -0.05) is 0 Å². The van der Waals surface area contributed by atoms with Crippen LogP contribution in [0.3, 0.4) is 0 Å². The van der Waals surface area contributed by atoms with Crippen molar-refractivity contribution in [3.63, 3.8) is 0 Å². The molecule has 0 radical (unpaired) electrons. The molecule has 1 aromatic heterocycles. The monoisotopic (exact) mass is 292 g/mol. The minimum absolute atomic E-state index is 0.0140. The van der Waals surface area contributed by atoms with Crippen LogP contribution in [0.25, 0.3) is 0 Å². The molecular formula is C12H12N4O3S. The molecule has 0 spiro atoms. The van der Waals surface area contributed by atoms with Crippen molar-refractivity contribution in [1.29, 1.82) is 0 Å². The molecule has 1 aromatic carbocycles. The number of aromatic nitrogens is 3. The molecule has 20 heavy (non-hydrogen) atoms. The summed E-state index contributed by atoms with van der Waals surface area (Å²) in [5, 5.41) is 19.9. The minimum Gasteiger partial charge on any atom is -0.504 e. The van der Waals surface area contributed by atoms with Gasteiger partial charge in [0.15, 0.2) is 11.5 Å². The lowest BCUT2D eigenvalue weighted by atomic mass is 10.2. The number of ether oxygens (including phenoxy) is 1. The fourth-order valence-electron chi connectivity index (χ4n) is 1.49. The van der Waals surface area contributed by atoms with E-state index in [2.05, 4.69) is 15.3 Å². The first-order valence-electron chi connectivity index (χ1n) is 5.62. The molecule has 0 amide bonds. The van der Waals surface area contributed by atoms with Crippen molar-refractivity contribution in [2.45, 2.75) is 6.92 Å². The van der Waals surface area contributed by atoms with Gasteiger partial charge in [-0.05, 0) is 42.9 Å². The number of aromatic amines is 1. The third-order valence-corrected chi connectivity index (χ3v) is 2.80. The van der Waals surface area contributed by atoms with Crippen LogP contribution in [-0.4, -0.2) is 33.3 Å². The van der Waals surface area contributed by atoms with Crippen molar-refractivity contribution in [1.82, 2.24) is 14.9 Å². The van der Waals surface area contributed by atoms with Crippen LogP contribution in [-0.2, 0) is 0 Å². The summed E-state index contributed by atoms with van der Waals surface area (Å²) >= 11 is 4.94. The van der Waals surface area contributed by atoms with E-state index in [1.165, 1.54) is 19.4 Å². The van der Waals surface area contributed by atoms with E-state index in [9.17, 15) is 9.90 Å². The summed E-state index contributed by atoms with van der Waals surface area (Å²) in [5.41, 5.74) is 0.454. The number of aryl methyl sites for hydroxylation is 1. The Morgan fingerprint density at radius 3 is 2.95 bits per heavy atom. The van der Waals surface area contributed by atoms with E-state index in [1.807, 2.05) is 0 Å². The van der Waals surface area contributed by atoms with Gasteiger partial charge in [-0.25, -0.2) is 0 Å². The standard InChI is InChI=1S/C12H12N4O3S/c1-7-11(18)16(12(20)15-14-7)13-6-8-3-4-10(19-2)9(17)5-8/h3-6,17H,1-2H3,(H,15,20). The molecule has 0 aliphatic heterocycles. The first kappa shape index (κ1) is 13.9. The Bertz CT molecular complexity index is 779. The highest BCUT2D eigenvalue weighted by Crippen LogP contribution is 2.25. The Morgan fingerprint density at radius 1 is 1.55 bits per heavy atom. The second-order valence-corrected chi connectivity index (χ2v) is 4.29. The maximum absolute atomic E-state index is 11.8. The lowest BCUT2D eigenvalue weighted by Gasteiger charge is -2.03. The van der Waals surface area contributed by atoms with Crippen LogP contribution in [0.1, 0.15) is 11.3 Å². The van der Waals surface area contributed by atoms with E-state index < -0.39 is 5.56 Å². The molecule has 0 saturated carbocycles. The number of aromatic hydroxyl groups is 1. The lowest BCUT2D eigenvalue weighted by molar-refractivity contribution is 0.373. The highest BCUT2D eigenvalue weighted by Gasteiger charge is 2.03. The van der Waals surface area contributed by atoms with Crippen LogP contribution in [0.15, 0.2) is 28.1 Å². The zero-order valence-corrected chi connectivity index (χ0v) is 11.6. The van der Waals surface area contributed by atoms with Crippen molar-refractivity contribution in [2.75, 3.05) is 7.11 Å². The molecule has 0 unspecified atom stereocenters. The summed E-state index contributed by atoms with van der Waals surface area (Å²) in [6.07, 6.45) is 1.41. The molecule has 0 fully saturated rings. The fraction of sp³-hybridized carbons (Fsp3) is 0.167. The van der Waals surface area contributed by atoms with Gasteiger partial charge in [0.2, 0.25) is 4.77 Å². The van der Waals surface area contributed by atoms with Crippen LogP contribution in [0.2, 0.25) is 0 Å². The third kappa shape index (κ3) is 2.75. The zero-order valence-electron chi connectivity index (χ0n) is 10.8. The third-order valence-electron chi connectivity index (χ3n) is 2.54. The second-order valence-electron chi connectivity index (χ2n) is 3.91. The largest absolute Gasteiger partial charge is 0.504 e. The summed E-state index contributed by atoms with van der Waals surface area (Å²) in [6, 6.07) is 4.75. The number of phenols is 1. The van der Waals surface area contributed by atoms with Gasteiger partial charge in [0.05, 0.1) is 13.3 Å².